The zero-order valence-corrected chi connectivity index (χ0v) is 24.6. The van der Waals surface area contributed by atoms with Crippen LogP contribution >= 0.6 is 0 Å². The van der Waals surface area contributed by atoms with E-state index < -0.39 is 0 Å². The second-order valence-electron chi connectivity index (χ2n) is 10.9. The summed E-state index contributed by atoms with van der Waals surface area (Å²) in [4.78, 5) is 4.11. The van der Waals surface area contributed by atoms with E-state index in [4.69, 9.17) is 27.1 Å². The summed E-state index contributed by atoms with van der Waals surface area (Å²) in [6.45, 7) is 6.61. The summed E-state index contributed by atoms with van der Waals surface area (Å²) in [5, 5.41) is 10.2. The van der Waals surface area contributed by atoms with E-state index >= 15 is 0 Å². The lowest BCUT2D eigenvalue weighted by Gasteiger charge is -2.33. The number of hydrogen-bond donors (Lipinski definition) is 1. The number of aliphatic hydroxyl groups is 1. The molecule has 1 N–H and O–H groups in total. The quantitative estimate of drug-likeness (QED) is 0.167. The van der Waals surface area contributed by atoms with Gasteiger partial charge in [0.1, 0.15) is 37.2 Å². The van der Waals surface area contributed by atoms with Gasteiger partial charge in [0.2, 0.25) is 0 Å². The highest BCUT2D eigenvalue weighted by Crippen LogP contribution is 2.37. The molecule has 0 fully saturated rings. The standard InChI is InChI=1S/C37H36N2O4/c1-5-20-41-34-15-11-32(12-16-34)38(26-40)24-28-8-7-9-30(22-28)37(3,4)31-10-19-36-29(23-31)25-39(27-43-36)33-13-17-35(18-14-33)42-21-6-2/h1-2,7-19,22-23,40H,20-21,24-27H2,3-4H3. The van der Waals surface area contributed by atoms with Gasteiger partial charge in [-0.3, -0.25) is 0 Å². The normalized spacial score (nSPS) is 12.3. The molecule has 0 amide bonds. The Kier molecular flexibility index (Phi) is 9.11. The average molecular weight is 573 g/mol. The number of anilines is 2. The highest BCUT2D eigenvalue weighted by molar-refractivity contribution is 5.54. The van der Waals surface area contributed by atoms with Crippen molar-refractivity contribution < 1.29 is 19.3 Å². The molecule has 1 aliphatic rings. The Balaban J connectivity index is 1.31. The van der Waals surface area contributed by atoms with Gasteiger partial charge in [-0.05, 0) is 77.4 Å². The zero-order valence-electron chi connectivity index (χ0n) is 24.6. The van der Waals surface area contributed by atoms with Crippen molar-refractivity contribution in [2.24, 2.45) is 0 Å². The van der Waals surface area contributed by atoms with E-state index in [-0.39, 0.29) is 25.4 Å². The first-order chi connectivity index (χ1) is 20.9. The summed E-state index contributed by atoms with van der Waals surface area (Å²) in [5.74, 6) is 7.31. The van der Waals surface area contributed by atoms with Crippen LogP contribution in [0, 0.1) is 24.7 Å². The lowest BCUT2D eigenvalue weighted by Crippen LogP contribution is -2.32. The SMILES string of the molecule is C#CCOc1ccc(N(CO)Cc2cccc(C(C)(C)c3ccc4c(c3)CN(c3ccc(OCC#C)cc3)CO4)c2)cc1. The Morgan fingerprint density at radius 3 is 2.16 bits per heavy atom. The van der Waals surface area contributed by atoms with Gasteiger partial charge in [-0.25, -0.2) is 0 Å². The van der Waals surface area contributed by atoms with Gasteiger partial charge in [-0.15, -0.1) is 12.8 Å². The zero-order chi connectivity index (χ0) is 30.2. The molecule has 0 bridgehead atoms. The van der Waals surface area contributed by atoms with Crippen LogP contribution in [0.1, 0.15) is 36.1 Å². The molecular weight excluding hydrogens is 536 g/mol. The summed E-state index contributed by atoms with van der Waals surface area (Å²) in [6.07, 6.45) is 10.6. The highest BCUT2D eigenvalue weighted by Gasteiger charge is 2.26. The van der Waals surface area contributed by atoms with Gasteiger partial charge in [0.15, 0.2) is 6.73 Å². The van der Waals surface area contributed by atoms with E-state index in [0.717, 1.165) is 40.5 Å². The predicted octanol–water partition coefficient (Wildman–Crippen LogP) is 6.35. The van der Waals surface area contributed by atoms with E-state index in [1.165, 1.54) is 11.1 Å². The monoisotopic (exact) mass is 572 g/mol. The van der Waals surface area contributed by atoms with Crippen molar-refractivity contribution >= 4 is 11.4 Å². The Morgan fingerprint density at radius 1 is 0.860 bits per heavy atom. The molecule has 0 saturated carbocycles. The highest BCUT2D eigenvalue weighted by atomic mass is 16.5. The third-order valence-electron chi connectivity index (χ3n) is 7.76. The maximum Gasteiger partial charge on any atom is 0.161 e. The molecule has 0 atom stereocenters. The minimum atomic E-state index is -0.261. The molecule has 1 heterocycles. The van der Waals surface area contributed by atoms with Gasteiger partial charge in [0, 0.05) is 35.4 Å². The molecule has 0 radical (unpaired) electrons. The topological polar surface area (TPSA) is 54.4 Å². The molecule has 0 saturated heterocycles. The average Bonchev–Trinajstić information content (AvgIpc) is 3.05. The van der Waals surface area contributed by atoms with Gasteiger partial charge >= 0.3 is 0 Å². The van der Waals surface area contributed by atoms with Crippen LogP contribution in [0.3, 0.4) is 0 Å². The number of fused-ring (bicyclic) bond motifs is 1. The number of hydrogen-bond acceptors (Lipinski definition) is 6. The van der Waals surface area contributed by atoms with Gasteiger partial charge in [0.05, 0.1) is 0 Å². The fraction of sp³-hybridized carbons (Fsp3) is 0.243. The van der Waals surface area contributed by atoms with E-state index in [1.54, 1.807) is 0 Å². The van der Waals surface area contributed by atoms with Crippen LogP contribution in [0.2, 0.25) is 0 Å². The Bertz CT molecular complexity index is 1610. The molecule has 6 nitrogen and oxygen atoms in total. The smallest absolute Gasteiger partial charge is 0.161 e. The minimum Gasteiger partial charge on any atom is -0.481 e. The number of benzene rings is 4. The minimum absolute atomic E-state index is 0.111. The number of aliphatic hydroxyl groups excluding tert-OH is 1. The van der Waals surface area contributed by atoms with E-state index in [1.807, 2.05) is 53.4 Å². The van der Waals surface area contributed by atoms with Crippen LogP contribution in [0.5, 0.6) is 17.2 Å². The number of nitrogens with zero attached hydrogens (tertiary/aromatic N) is 2. The number of ether oxygens (including phenoxy) is 3. The van der Waals surface area contributed by atoms with Gasteiger partial charge in [0.25, 0.3) is 0 Å². The Labute approximate surface area is 254 Å². The van der Waals surface area contributed by atoms with Crippen molar-refractivity contribution in [1.82, 2.24) is 0 Å². The lowest BCUT2D eigenvalue weighted by atomic mass is 9.77. The summed E-state index contributed by atoms with van der Waals surface area (Å²) in [6, 6.07) is 30.5. The molecule has 5 rings (SSSR count). The third kappa shape index (κ3) is 6.89. The van der Waals surface area contributed by atoms with E-state index in [0.29, 0.717) is 19.0 Å². The van der Waals surface area contributed by atoms with Crippen molar-refractivity contribution in [3.8, 4) is 41.9 Å². The summed E-state index contributed by atoms with van der Waals surface area (Å²) in [5.41, 5.74) is 6.33. The molecule has 1 aliphatic heterocycles. The van der Waals surface area contributed by atoms with Gasteiger partial charge in [-0.1, -0.05) is 56.0 Å². The first kappa shape index (κ1) is 29.5. The first-order valence-electron chi connectivity index (χ1n) is 14.2. The molecule has 0 aromatic heterocycles. The van der Waals surface area contributed by atoms with Crippen LogP contribution < -0.4 is 24.0 Å². The molecule has 218 valence electrons. The fourth-order valence-corrected chi connectivity index (χ4v) is 5.22. The van der Waals surface area contributed by atoms with E-state index in [9.17, 15) is 5.11 Å². The largest absolute Gasteiger partial charge is 0.481 e. The molecule has 43 heavy (non-hydrogen) atoms. The summed E-state index contributed by atoms with van der Waals surface area (Å²) < 4.78 is 17.1. The molecule has 0 aliphatic carbocycles. The van der Waals surface area contributed by atoms with Crippen molar-refractivity contribution in [3.05, 3.63) is 113 Å². The molecule has 0 spiro atoms. The van der Waals surface area contributed by atoms with Crippen LogP contribution in [0.4, 0.5) is 11.4 Å². The van der Waals surface area contributed by atoms with Crippen molar-refractivity contribution in [3.63, 3.8) is 0 Å². The second-order valence-corrected chi connectivity index (χ2v) is 10.9. The summed E-state index contributed by atoms with van der Waals surface area (Å²) >= 11 is 0. The van der Waals surface area contributed by atoms with Crippen LogP contribution in [0.25, 0.3) is 0 Å². The Morgan fingerprint density at radius 2 is 1.51 bits per heavy atom. The second kappa shape index (κ2) is 13.3. The van der Waals surface area contributed by atoms with Gasteiger partial charge in [-0.2, -0.15) is 0 Å². The van der Waals surface area contributed by atoms with Crippen molar-refractivity contribution in [1.29, 1.82) is 0 Å². The Hall–Kier alpha value is -5.04. The summed E-state index contributed by atoms with van der Waals surface area (Å²) in [7, 11) is 0. The predicted molar refractivity (Wildman–Crippen MR) is 171 cm³/mol. The molecule has 6 heteroatoms. The number of terminal acetylenes is 2. The third-order valence-corrected chi connectivity index (χ3v) is 7.76. The van der Waals surface area contributed by atoms with Crippen LogP contribution in [-0.2, 0) is 18.5 Å². The maximum absolute atomic E-state index is 10.2. The van der Waals surface area contributed by atoms with Gasteiger partial charge < -0.3 is 29.1 Å². The molecule has 4 aromatic rings. The van der Waals surface area contributed by atoms with Crippen molar-refractivity contribution in [2.45, 2.75) is 32.4 Å². The van der Waals surface area contributed by atoms with E-state index in [2.05, 4.69) is 73.1 Å². The molecule has 4 aromatic carbocycles. The first-order valence-corrected chi connectivity index (χ1v) is 14.2. The van der Waals surface area contributed by atoms with Crippen LogP contribution in [0.15, 0.2) is 91.0 Å². The molecule has 0 unspecified atom stereocenters. The maximum atomic E-state index is 10.2. The van der Waals surface area contributed by atoms with Crippen LogP contribution in [-0.4, -0.2) is 31.8 Å². The number of rotatable bonds is 11. The lowest BCUT2D eigenvalue weighted by molar-refractivity contribution is 0.289. The fourth-order valence-electron chi connectivity index (χ4n) is 5.22. The molecular formula is C37H36N2O4. The van der Waals surface area contributed by atoms with Crippen molar-refractivity contribution in [2.75, 3.05) is 36.5 Å².